The summed E-state index contributed by atoms with van der Waals surface area (Å²) in [5.74, 6) is -1.26. The van der Waals surface area contributed by atoms with E-state index in [0.29, 0.717) is 25.1 Å². The molecule has 2 rings (SSSR count). The second-order valence-electron chi connectivity index (χ2n) is 7.04. The van der Waals surface area contributed by atoms with Crippen LogP contribution in [0.25, 0.3) is 0 Å². The number of ether oxygens (including phenoxy) is 1. The molecule has 1 saturated heterocycles. The van der Waals surface area contributed by atoms with Gasteiger partial charge in [-0.25, -0.2) is 4.79 Å². The second-order valence-corrected chi connectivity index (χ2v) is 7.04. The Morgan fingerprint density at radius 3 is 2.54 bits per heavy atom. The Kier molecular flexibility index (Phi) is 6.23. The molecule has 1 N–H and O–H groups in total. The number of likely N-dealkylation sites (N-methyl/N-ethyl adjacent to an activating group) is 1. The van der Waals surface area contributed by atoms with Gasteiger partial charge in [-0.2, -0.15) is 0 Å². The van der Waals surface area contributed by atoms with Crippen molar-refractivity contribution in [2.45, 2.75) is 32.2 Å². The number of para-hydroxylation sites is 1. The van der Waals surface area contributed by atoms with E-state index in [1.165, 1.54) is 25.8 Å². The summed E-state index contributed by atoms with van der Waals surface area (Å²) in [5.41, 5.74) is -1.29. The van der Waals surface area contributed by atoms with Gasteiger partial charge in [0.05, 0.1) is 5.92 Å². The van der Waals surface area contributed by atoms with E-state index in [1.54, 1.807) is 17.0 Å². The number of nitrogens with zero attached hydrogens (tertiary/aromatic N) is 2. The van der Waals surface area contributed by atoms with Crippen LogP contribution in [0.15, 0.2) is 30.3 Å². The number of carboxylic acid groups (broad SMARTS) is 1. The number of hydrogen-bond donors (Lipinski definition) is 1. The molecule has 0 bridgehead atoms. The molecule has 2 amide bonds. The molecule has 1 aliphatic rings. The first-order valence-corrected chi connectivity index (χ1v) is 8.70. The number of benzene rings is 1. The number of aliphatic carboxylic acids is 1. The van der Waals surface area contributed by atoms with Crippen molar-refractivity contribution in [1.82, 2.24) is 9.80 Å². The molecule has 142 valence electrons. The standard InChI is InChI=1S/C19H26N2O5/c1-19(2,18(24)25)20(3)17(23)14-8-7-11-21(12-14)16(22)13-26-15-9-5-4-6-10-15/h4-6,9-10,14H,7-8,11-13H2,1-3H3,(H,24,25). The molecule has 1 atom stereocenters. The van der Waals surface area contributed by atoms with Crippen molar-refractivity contribution in [1.29, 1.82) is 0 Å². The minimum Gasteiger partial charge on any atom is -0.484 e. The summed E-state index contributed by atoms with van der Waals surface area (Å²) in [7, 11) is 1.50. The Labute approximate surface area is 153 Å². The Morgan fingerprint density at radius 2 is 1.92 bits per heavy atom. The van der Waals surface area contributed by atoms with E-state index in [0.717, 1.165) is 0 Å². The lowest BCUT2D eigenvalue weighted by molar-refractivity contribution is -0.158. The number of carbonyl (C=O) groups is 3. The molecular weight excluding hydrogens is 336 g/mol. The average molecular weight is 362 g/mol. The predicted octanol–water partition coefficient (Wildman–Crippen LogP) is 1.63. The van der Waals surface area contributed by atoms with Crippen LogP contribution in [-0.4, -0.2) is 65.0 Å². The number of piperidine rings is 1. The van der Waals surface area contributed by atoms with Crippen LogP contribution in [0, 0.1) is 5.92 Å². The highest BCUT2D eigenvalue weighted by Gasteiger charge is 2.39. The van der Waals surface area contributed by atoms with Crippen LogP contribution in [0.5, 0.6) is 5.75 Å². The van der Waals surface area contributed by atoms with Crippen LogP contribution >= 0.6 is 0 Å². The first-order valence-electron chi connectivity index (χ1n) is 8.70. The van der Waals surface area contributed by atoms with Gasteiger partial charge in [0.25, 0.3) is 5.91 Å². The Hall–Kier alpha value is -2.57. The maximum Gasteiger partial charge on any atom is 0.329 e. The zero-order valence-electron chi connectivity index (χ0n) is 15.5. The van der Waals surface area contributed by atoms with Gasteiger partial charge < -0.3 is 19.6 Å². The number of carboxylic acids is 1. The second kappa shape index (κ2) is 8.21. The highest BCUT2D eigenvalue weighted by molar-refractivity contribution is 5.88. The molecule has 1 unspecified atom stereocenters. The predicted molar refractivity (Wildman–Crippen MR) is 95.7 cm³/mol. The minimum absolute atomic E-state index is 0.0820. The first kappa shape index (κ1) is 19.8. The number of rotatable bonds is 6. The van der Waals surface area contributed by atoms with Crippen LogP contribution in [0.3, 0.4) is 0 Å². The normalized spacial score (nSPS) is 17.5. The fourth-order valence-electron chi connectivity index (χ4n) is 2.85. The summed E-state index contributed by atoms with van der Waals surface area (Å²) >= 11 is 0. The number of hydrogen-bond acceptors (Lipinski definition) is 4. The van der Waals surface area contributed by atoms with E-state index in [2.05, 4.69) is 0 Å². The van der Waals surface area contributed by atoms with Crippen molar-refractivity contribution in [3.8, 4) is 5.75 Å². The molecule has 1 aliphatic heterocycles. The zero-order chi connectivity index (χ0) is 19.3. The SMILES string of the molecule is CN(C(=O)C1CCCN(C(=O)COc2ccccc2)C1)C(C)(C)C(=O)O. The average Bonchev–Trinajstić information content (AvgIpc) is 2.65. The highest BCUT2D eigenvalue weighted by atomic mass is 16.5. The van der Waals surface area contributed by atoms with E-state index >= 15 is 0 Å². The van der Waals surface area contributed by atoms with Crippen molar-refractivity contribution in [3.63, 3.8) is 0 Å². The van der Waals surface area contributed by atoms with Gasteiger partial charge in [0.1, 0.15) is 11.3 Å². The Balaban J connectivity index is 1.94. The Morgan fingerprint density at radius 1 is 1.27 bits per heavy atom. The van der Waals surface area contributed by atoms with Gasteiger partial charge in [-0.3, -0.25) is 9.59 Å². The molecule has 1 fully saturated rings. The van der Waals surface area contributed by atoms with Crippen LogP contribution in [0.2, 0.25) is 0 Å². The van der Waals surface area contributed by atoms with Crippen molar-refractivity contribution < 1.29 is 24.2 Å². The largest absolute Gasteiger partial charge is 0.484 e. The van der Waals surface area contributed by atoms with E-state index in [4.69, 9.17) is 4.74 Å². The van der Waals surface area contributed by atoms with E-state index < -0.39 is 17.4 Å². The summed E-state index contributed by atoms with van der Waals surface area (Å²) in [6.07, 6.45) is 1.34. The van der Waals surface area contributed by atoms with Crippen molar-refractivity contribution in [3.05, 3.63) is 30.3 Å². The van der Waals surface area contributed by atoms with Gasteiger partial charge in [-0.05, 0) is 38.8 Å². The van der Waals surface area contributed by atoms with Crippen LogP contribution in [0.4, 0.5) is 0 Å². The summed E-state index contributed by atoms with van der Waals surface area (Å²) in [4.78, 5) is 39.3. The van der Waals surface area contributed by atoms with Crippen LogP contribution in [-0.2, 0) is 14.4 Å². The van der Waals surface area contributed by atoms with Crippen LogP contribution < -0.4 is 4.74 Å². The van der Waals surface area contributed by atoms with E-state index in [9.17, 15) is 19.5 Å². The van der Waals surface area contributed by atoms with Gasteiger partial charge in [0.15, 0.2) is 6.61 Å². The fourth-order valence-corrected chi connectivity index (χ4v) is 2.85. The molecule has 0 saturated carbocycles. The van der Waals surface area contributed by atoms with Gasteiger partial charge in [-0.1, -0.05) is 18.2 Å². The van der Waals surface area contributed by atoms with Crippen LogP contribution in [0.1, 0.15) is 26.7 Å². The summed E-state index contributed by atoms with van der Waals surface area (Å²) in [6.45, 7) is 3.77. The van der Waals surface area contributed by atoms with Gasteiger partial charge in [-0.15, -0.1) is 0 Å². The number of amides is 2. The molecule has 0 spiro atoms. The fraction of sp³-hybridized carbons (Fsp3) is 0.526. The van der Waals surface area contributed by atoms with E-state index in [1.807, 2.05) is 18.2 Å². The third-order valence-corrected chi connectivity index (χ3v) is 4.92. The molecule has 1 heterocycles. The molecule has 7 nitrogen and oxygen atoms in total. The van der Waals surface area contributed by atoms with E-state index in [-0.39, 0.29) is 25.0 Å². The Bertz CT molecular complexity index is 659. The minimum atomic E-state index is -1.29. The summed E-state index contributed by atoms with van der Waals surface area (Å²) < 4.78 is 5.49. The molecule has 0 radical (unpaired) electrons. The lowest BCUT2D eigenvalue weighted by atomic mass is 9.94. The quantitative estimate of drug-likeness (QED) is 0.831. The highest BCUT2D eigenvalue weighted by Crippen LogP contribution is 2.23. The molecule has 26 heavy (non-hydrogen) atoms. The lowest BCUT2D eigenvalue weighted by Gasteiger charge is -2.38. The van der Waals surface area contributed by atoms with Gasteiger partial charge >= 0.3 is 5.97 Å². The van der Waals surface area contributed by atoms with Gasteiger partial charge in [0, 0.05) is 20.1 Å². The van der Waals surface area contributed by atoms with Crippen molar-refractivity contribution in [2.75, 3.05) is 26.7 Å². The molecule has 1 aromatic carbocycles. The number of likely N-dealkylation sites (tertiary alicyclic amines) is 1. The third kappa shape index (κ3) is 4.53. The van der Waals surface area contributed by atoms with Gasteiger partial charge in [0.2, 0.25) is 5.91 Å². The molecule has 7 heteroatoms. The lowest BCUT2D eigenvalue weighted by Crippen LogP contribution is -2.55. The molecular formula is C19H26N2O5. The molecule has 1 aromatic rings. The maximum absolute atomic E-state index is 12.7. The topological polar surface area (TPSA) is 87.2 Å². The summed E-state index contributed by atoms with van der Waals surface area (Å²) in [5, 5.41) is 9.30. The molecule has 0 aliphatic carbocycles. The number of carbonyl (C=O) groups excluding carboxylic acids is 2. The first-order chi connectivity index (χ1) is 12.2. The summed E-state index contributed by atoms with van der Waals surface area (Å²) in [6, 6.07) is 9.08. The van der Waals surface area contributed by atoms with Crippen molar-refractivity contribution >= 4 is 17.8 Å². The molecule has 0 aromatic heterocycles. The zero-order valence-corrected chi connectivity index (χ0v) is 15.5. The maximum atomic E-state index is 12.7. The monoisotopic (exact) mass is 362 g/mol. The van der Waals surface area contributed by atoms with Crippen molar-refractivity contribution in [2.24, 2.45) is 5.92 Å². The smallest absolute Gasteiger partial charge is 0.329 e. The third-order valence-electron chi connectivity index (χ3n) is 4.92.